The van der Waals surface area contributed by atoms with Crippen molar-refractivity contribution in [2.45, 2.75) is 26.0 Å². The summed E-state index contributed by atoms with van der Waals surface area (Å²) < 4.78 is 0. The Morgan fingerprint density at radius 1 is 1.53 bits per heavy atom. The lowest BCUT2D eigenvalue weighted by Gasteiger charge is -2.21. The maximum Gasteiger partial charge on any atom is 0.246 e. The average Bonchev–Trinajstić information content (AvgIpc) is 2.65. The zero-order valence-electron chi connectivity index (χ0n) is 11.6. The Bertz CT molecular complexity index is 474. The van der Waals surface area contributed by atoms with Crippen LogP contribution in [0.2, 0.25) is 0 Å². The van der Waals surface area contributed by atoms with Gasteiger partial charge < -0.3 is 20.6 Å². The Morgan fingerprint density at radius 3 is 2.89 bits per heavy atom. The fourth-order valence-electron chi connectivity index (χ4n) is 2.40. The van der Waals surface area contributed by atoms with Crippen LogP contribution < -0.4 is 15.5 Å². The molecule has 0 saturated heterocycles. The van der Waals surface area contributed by atoms with Gasteiger partial charge in [0.25, 0.3) is 0 Å². The molecule has 1 aromatic carbocycles. The minimum absolute atomic E-state index is 0.00724. The maximum atomic E-state index is 11.9. The van der Waals surface area contributed by atoms with Crippen molar-refractivity contribution in [3.63, 3.8) is 0 Å². The number of nitrogens with one attached hydrogen (secondary N) is 2. The van der Waals surface area contributed by atoms with Gasteiger partial charge in [0.15, 0.2) is 0 Å². The van der Waals surface area contributed by atoms with Gasteiger partial charge in [-0.15, -0.1) is 0 Å². The van der Waals surface area contributed by atoms with Crippen molar-refractivity contribution < 1.29 is 9.90 Å². The fourth-order valence-corrected chi connectivity index (χ4v) is 2.40. The van der Waals surface area contributed by atoms with E-state index in [4.69, 9.17) is 0 Å². The number of hydrogen-bond donors (Lipinski definition) is 3. The van der Waals surface area contributed by atoms with Crippen LogP contribution in [0.25, 0.3) is 0 Å². The van der Waals surface area contributed by atoms with Gasteiger partial charge in [-0.25, -0.2) is 0 Å². The van der Waals surface area contributed by atoms with Crippen molar-refractivity contribution in [2.24, 2.45) is 0 Å². The van der Waals surface area contributed by atoms with Crippen molar-refractivity contribution in [3.8, 4) is 0 Å². The SMILES string of the molecule is CCNC1C(=O)Nc2cc(N(C)CC(C)O)ccc21. The van der Waals surface area contributed by atoms with E-state index in [1.807, 2.05) is 37.1 Å². The number of aliphatic hydroxyl groups is 1. The lowest BCUT2D eigenvalue weighted by Crippen LogP contribution is -2.27. The summed E-state index contributed by atoms with van der Waals surface area (Å²) in [6.07, 6.45) is -0.387. The number of nitrogens with zero attached hydrogens (tertiary/aromatic N) is 1. The predicted molar refractivity (Wildman–Crippen MR) is 76.4 cm³/mol. The number of anilines is 2. The molecule has 0 aromatic heterocycles. The Kier molecular flexibility index (Phi) is 4.07. The molecule has 0 bridgehead atoms. The third kappa shape index (κ3) is 2.88. The molecule has 1 amide bonds. The monoisotopic (exact) mass is 263 g/mol. The minimum atomic E-state index is -0.387. The highest BCUT2D eigenvalue weighted by atomic mass is 16.3. The summed E-state index contributed by atoms with van der Waals surface area (Å²) in [6, 6.07) is 5.64. The Hall–Kier alpha value is -1.59. The number of aliphatic hydroxyl groups excluding tert-OH is 1. The molecule has 0 radical (unpaired) electrons. The summed E-state index contributed by atoms with van der Waals surface area (Å²) in [5, 5.41) is 15.5. The number of rotatable bonds is 5. The molecule has 1 aromatic rings. The summed E-state index contributed by atoms with van der Waals surface area (Å²) in [5.74, 6) is -0.00724. The highest BCUT2D eigenvalue weighted by Crippen LogP contribution is 2.33. The molecular weight excluding hydrogens is 242 g/mol. The normalized spacial score (nSPS) is 18.9. The van der Waals surface area contributed by atoms with E-state index < -0.39 is 0 Å². The molecule has 104 valence electrons. The largest absolute Gasteiger partial charge is 0.392 e. The van der Waals surface area contributed by atoms with Gasteiger partial charge in [0, 0.05) is 30.5 Å². The second-order valence-corrected chi connectivity index (χ2v) is 4.98. The summed E-state index contributed by atoms with van der Waals surface area (Å²) >= 11 is 0. The topological polar surface area (TPSA) is 64.6 Å². The van der Waals surface area contributed by atoms with Crippen LogP contribution in [0.4, 0.5) is 11.4 Å². The molecule has 5 heteroatoms. The first kappa shape index (κ1) is 13.8. The lowest BCUT2D eigenvalue weighted by molar-refractivity contribution is -0.117. The Balaban J connectivity index is 2.22. The van der Waals surface area contributed by atoms with Gasteiger partial charge in [-0.1, -0.05) is 13.0 Å². The Morgan fingerprint density at radius 2 is 2.26 bits per heavy atom. The first-order valence-electron chi connectivity index (χ1n) is 6.60. The van der Waals surface area contributed by atoms with Crippen LogP contribution in [0.5, 0.6) is 0 Å². The third-order valence-electron chi connectivity index (χ3n) is 3.26. The molecule has 19 heavy (non-hydrogen) atoms. The molecule has 1 aliphatic rings. The van der Waals surface area contributed by atoms with Gasteiger partial charge >= 0.3 is 0 Å². The van der Waals surface area contributed by atoms with Gasteiger partial charge in [0.05, 0.1) is 6.10 Å². The van der Waals surface area contributed by atoms with Crippen LogP contribution in [-0.2, 0) is 4.79 Å². The van der Waals surface area contributed by atoms with Gasteiger partial charge in [-0.3, -0.25) is 4.79 Å². The maximum absolute atomic E-state index is 11.9. The summed E-state index contributed by atoms with van der Waals surface area (Å²) in [5.41, 5.74) is 2.82. The molecule has 5 nitrogen and oxygen atoms in total. The smallest absolute Gasteiger partial charge is 0.246 e. The van der Waals surface area contributed by atoms with E-state index in [1.54, 1.807) is 6.92 Å². The average molecular weight is 263 g/mol. The van der Waals surface area contributed by atoms with Crippen molar-refractivity contribution in [1.29, 1.82) is 0 Å². The standard InChI is InChI=1S/C14H21N3O2/c1-4-15-13-11-6-5-10(17(3)8-9(2)18)7-12(11)16-14(13)19/h5-7,9,13,15,18H,4,8H2,1-3H3,(H,16,19). The van der Waals surface area contributed by atoms with Crippen molar-refractivity contribution in [3.05, 3.63) is 23.8 Å². The number of benzene rings is 1. The first-order chi connectivity index (χ1) is 9.02. The molecule has 1 aliphatic heterocycles. The highest BCUT2D eigenvalue weighted by molar-refractivity contribution is 6.03. The van der Waals surface area contributed by atoms with E-state index in [-0.39, 0.29) is 18.1 Å². The van der Waals surface area contributed by atoms with E-state index in [1.165, 1.54) is 0 Å². The predicted octanol–water partition coefficient (Wildman–Crippen LogP) is 1.11. The van der Waals surface area contributed by atoms with E-state index in [2.05, 4.69) is 10.6 Å². The molecule has 3 N–H and O–H groups in total. The van der Waals surface area contributed by atoms with Crippen LogP contribution >= 0.6 is 0 Å². The molecule has 0 spiro atoms. The molecule has 0 aliphatic carbocycles. The van der Waals surface area contributed by atoms with Crippen LogP contribution in [0.3, 0.4) is 0 Å². The van der Waals surface area contributed by atoms with Crippen molar-refractivity contribution >= 4 is 17.3 Å². The van der Waals surface area contributed by atoms with Crippen LogP contribution in [-0.4, -0.2) is 37.3 Å². The number of amides is 1. The van der Waals surface area contributed by atoms with Gasteiger partial charge in [0.1, 0.15) is 6.04 Å². The fraction of sp³-hybridized carbons (Fsp3) is 0.500. The second-order valence-electron chi connectivity index (χ2n) is 4.98. The van der Waals surface area contributed by atoms with Crippen LogP contribution in [0.1, 0.15) is 25.5 Å². The molecule has 0 saturated carbocycles. The van der Waals surface area contributed by atoms with Crippen LogP contribution in [0, 0.1) is 0 Å². The van der Waals surface area contributed by atoms with E-state index >= 15 is 0 Å². The summed E-state index contributed by atoms with van der Waals surface area (Å²) in [7, 11) is 1.92. The van der Waals surface area contributed by atoms with Crippen molar-refractivity contribution in [1.82, 2.24) is 5.32 Å². The zero-order valence-corrected chi connectivity index (χ0v) is 11.6. The number of carbonyl (C=O) groups excluding carboxylic acids is 1. The van der Waals surface area contributed by atoms with Gasteiger partial charge in [-0.05, 0) is 25.6 Å². The molecule has 2 unspecified atom stereocenters. The second kappa shape index (κ2) is 5.59. The highest BCUT2D eigenvalue weighted by Gasteiger charge is 2.29. The number of hydrogen-bond acceptors (Lipinski definition) is 4. The van der Waals surface area contributed by atoms with Crippen LogP contribution in [0.15, 0.2) is 18.2 Å². The van der Waals surface area contributed by atoms with Gasteiger partial charge in [0.2, 0.25) is 5.91 Å². The molecule has 0 fully saturated rings. The van der Waals surface area contributed by atoms with E-state index in [0.29, 0.717) is 6.54 Å². The zero-order chi connectivity index (χ0) is 14.0. The molecule has 1 heterocycles. The number of likely N-dealkylation sites (N-methyl/N-ethyl adjacent to an activating group) is 2. The first-order valence-corrected chi connectivity index (χ1v) is 6.60. The van der Waals surface area contributed by atoms with E-state index in [9.17, 15) is 9.90 Å². The lowest BCUT2D eigenvalue weighted by atomic mass is 10.1. The molecule has 2 atom stereocenters. The van der Waals surface area contributed by atoms with E-state index in [0.717, 1.165) is 23.5 Å². The van der Waals surface area contributed by atoms with Gasteiger partial charge in [-0.2, -0.15) is 0 Å². The van der Waals surface area contributed by atoms with Crippen molar-refractivity contribution in [2.75, 3.05) is 30.4 Å². The quantitative estimate of drug-likeness (QED) is 0.744. The molecular formula is C14H21N3O2. The third-order valence-corrected chi connectivity index (χ3v) is 3.26. The summed E-state index contributed by atoms with van der Waals surface area (Å²) in [6.45, 7) is 5.05. The molecule has 2 rings (SSSR count). The minimum Gasteiger partial charge on any atom is -0.392 e. The summed E-state index contributed by atoms with van der Waals surface area (Å²) in [4.78, 5) is 13.8. The number of fused-ring (bicyclic) bond motifs is 1. The Labute approximate surface area is 113 Å². The number of carbonyl (C=O) groups is 1.